The Morgan fingerprint density at radius 2 is 0.363 bits per heavy atom. The Labute approximate surface area is 622 Å². The molecule has 1 saturated heterocycles. The van der Waals surface area contributed by atoms with E-state index in [4.69, 9.17) is 178 Å². The largest absolute Gasteiger partial charge is 0.671 e. The minimum absolute atomic E-state index is 0.0712. The van der Waals surface area contributed by atoms with Crippen LogP contribution in [0, 0.1) is 0 Å². The summed E-state index contributed by atoms with van der Waals surface area (Å²) in [6.07, 6.45) is 0.234. The molecule has 0 spiro atoms. The van der Waals surface area contributed by atoms with Crippen LogP contribution in [0.2, 0.25) is 81.6 Å². The number of hydrogen-bond donors (Lipinski definition) is 0. The molecule has 0 bridgehead atoms. The van der Waals surface area contributed by atoms with Crippen molar-refractivity contribution in [2.75, 3.05) is 212 Å². The highest BCUT2D eigenvalue weighted by atomic mass is 28.6. The predicted molar refractivity (Wildman–Crippen MR) is 388 cm³/mol. The zero-order chi connectivity index (χ0) is 78.3. The second-order valence-corrected chi connectivity index (χ2v) is 72.2. The first-order valence-electron chi connectivity index (χ1n) is 31.3. The van der Waals surface area contributed by atoms with Gasteiger partial charge in [-0.05, 0) is 63.8 Å². The third-order valence-corrected chi connectivity index (χ3v) is 68.6. The first-order valence-corrected chi connectivity index (χ1v) is 63.1. The van der Waals surface area contributed by atoms with E-state index in [0.29, 0.717) is 19.6 Å². The Morgan fingerprint density at radius 3 is 0.500 bits per heavy atom. The lowest BCUT2D eigenvalue weighted by Gasteiger charge is -2.47. The van der Waals surface area contributed by atoms with Crippen LogP contribution in [0.5, 0.6) is 0 Å². The van der Waals surface area contributed by atoms with Crippen molar-refractivity contribution >= 4 is 142 Å². The average molecular weight is 1770 g/mol. The molecule has 612 valence electrons. The summed E-state index contributed by atoms with van der Waals surface area (Å²) in [7, 11) is -31.9. The molecule has 1 fully saturated rings. The summed E-state index contributed by atoms with van der Waals surface area (Å²) in [5, 5.41) is 0. The maximum absolute atomic E-state index is 7.97. The average Bonchev–Trinajstić information content (AvgIpc) is 0.861. The van der Waals surface area contributed by atoms with E-state index in [2.05, 4.69) is 0 Å². The van der Waals surface area contributed by atoms with Crippen LogP contribution in [0.1, 0.15) is 6.42 Å². The first-order chi connectivity index (χ1) is 47.8. The lowest BCUT2D eigenvalue weighted by Crippen LogP contribution is -2.70. The molecule has 102 heavy (non-hydrogen) atoms. The number of rotatable bonds is 66. The van der Waals surface area contributed by atoms with Crippen molar-refractivity contribution in [2.45, 2.75) is 94.1 Å². The zero-order valence-corrected chi connectivity index (χ0v) is 82.1. The molecular weight excluding hydrogens is 1650 g/mol. The van der Waals surface area contributed by atoms with Gasteiger partial charge in [0.15, 0.2) is 25.0 Å². The van der Waals surface area contributed by atoms with Crippen molar-refractivity contribution in [3.8, 4) is 0 Å². The van der Waals surface area contributed by atoms with Crippen LogP contribution in [0.4, 0.5) is 0 Å². The molecule has 1 aliphatic heterocycles. The van der Waals surface area contributed by atoms with Crippen molar-refractivity contribution in [2.24, 2.45) is 0 Å². The summed E-state index contributed by atoms with van der Waals surface area (Å²) in [5.41, 5.74) is 0. The number of ether oxygens (including phenoxy) is 2. The fourth-order valence-electron chi connectivity index (χ4n) is 9.50. The highest BCUT2D eigenvalue weighted by molar-refractivity contribution is 6.93. The van der Waals surface area contributed by atoms with Crippen molar-refractivity contribution in [3.05, 3.63) is 0 Å². The van der Waals surface area contributed by atoms with Gasteiger partial charge in [-0.1, -0.05) is 0 Å². The van der Waals surface area contributed by atoms with Gasteiger partial charge in [-0.25, -0.2) is 0 Å². The normalized spacial score (nSPS) is 15.9. The lowest BCUT2D eigenvalue weighted by molar-refractivity contribution is -0.0282. The number of hydrogen-bond acceptors (Lipinski definition) is 41. The van der Waals surface area contributed by atoms with Crippen molar-refractivity contribution < 1.29 is 178 Å². The Hall–Kier alpha value is 1.83. The Morgan fingerprint density at radius 1 is 0.216 bits per heavy atom. The van der Waals surface area contributed by atoms with Crippen molar-refractivity contribution in [3.63, 3.8) is 0 Å². The molecule has 0 aromatic rings. The van der Waals surface area contributed by atoms with Gasteiger partial charge >= 0.3 is 117 Å². The highest BCUT2D eigenvalue weighted by Crippen LogP contribution is 2.42. The summed E-state index contributed by atoms with van der Waals surface area (Å²) in [5.74, 6) is 0. The molecule has 1 atom stereocenters. The summed E-state index contributed by atoms with van der Waals surface area (Å²) in [4.78, 5) is 0. The maximum atomic E-state index is 7.97. The summed E-state index contributed by atoms with van der Waals surface area (Å²) < 4.78 is 258. The molecule has 1 heterocycles. The second kappa shape index (κ2) is 45.7. The van der Waals surface area contributed by atoms with Crippen LogP contribution < -0.4 is 0 Å². The minimum Gasteiger partial charge on any atom is -0.417 e. The van der Waals surface area contributed by atoms with Crippen LogP contribution in [0.15, 0.2) is 0 Å². The molecule has 0 aromatic heterocycles. The Bertz CT molecular complexity index is 1800. The zero-order valence-electron chi connectivity index (χ0n) is 66.1. The first kappa shape index (κ1) is 102. The Kier molecular flexibility index (Phi) is 45.6. The summed E-state index contributed by atoms with van der Waals surface area (Å²) in [6.45, 7) is 12.8. The van der Waals surface area contributed by atoms with Gasteiger partial charge in [-0.2, -0.15) is 0 Å². The van der Waals surface area contributed by atoms with E-state index in [1.807, 2.05) is 39.3 Å². The molecule has 41 nitrogen and oxygen atoms in total. The molecule has 1 unspecified atom stereocenters. The van der Waals surface area contributed by atoms with Gasteiger partial charge in [-0.3, -0.25) is 0 Å². The van der Waals surface area contributed by atoms with Gasteiger partial charge in [0.2, 0.25) is 0 Å². The molecule has 1 rings (SSSR count). The van der Waals surface area contributed by atoms with Gasteiger partial charge in [0.05, 0.1) is 13.2 Å². The smallest absolute Gasteiger partial charge is 0.417 e. The highest BCUT2D eigenvalue weighted by Gasteiger charge is 2.71. The lowest BCUT2D eigenvalue weighted by atomic mass is 10.5. The summed E-state index contributed by atoms with van der Waals surface area (Å²) in [6, 6.07) is -0.213. The van der Waals surface area contributed by atoms with Gasteiger partial charge < -0.3 is 178 Å². The summed E-state index contributed by atoms with van der Waals surface area (Å²) >= 11 is 0. The van der Waals surface area contributed by atoms with Crippen LogP contribution in [-0.2, 0) is 178 Å². The maximum Gasteiger partial charge on any atom is 0.671 e. The second-order valence-electron chi connectivity index (χ2n) is 22.9. The van der Waals surface area contributed by atoms with E-state index >= 15 is 0 Å². The molecule has 0 aromatic carbocycles. The third-order valence-electron chi connectivity index (χ3n) is 15.1. The van der Waals surface area contributed by atoms with Gasteiger partial charge in [0.25, 0.3) is 0 Å². The minimum atomic E-state index is -4.76. The van der Waals surface area contributed by atoms with Gasteiger partial charge in [-0.15, -0.1) is 0 Å². The van der Waals surface area contributed by atoms with Crippen LogP contribution >= 0.6 is 0 Å². The fraction of sp³-hybridized carbons (Fsp3) is 1.00. The van der Waals surface area contributed by atoms with Crippen LogP contribution in [0.25, 0.3) is 0 Å². The van der Waals surface area contributed by atoms with Gasteiger partial charge in [0.1, 0.15) is 6.10 Å². The van der Waals surface area contributed by atoms with E-state index in [-0.39, 0.29) is 55.0 Å². The van der Waals surface area contributed by atoms with Gasteiger partial charge in [0, 0.05) is 223 Å². The standard InChI is InChI=1S/C45H122O41Si16/c1-46-94(47-2,48-3)78-91(79-95(49-4,50-5)51-6,80-96(52-7,53-8)54-9)40-37-87(28,29)75-90(36-34-35-73-43-45-44-74-45,76-88(30,31)38-41-92(81-97(55-10,56-11)57-12,82-98(58-13,59-14)60-15)83-99(61-16,62-17)63-18)77-89(32,33)39-42-93(84-100(64-19,65-20)66-21,85-101(67-22,68-23)69-24)86-102(70-25,71-26)72-27/h45H,34-44H2,1-33H3. The van der Waals surface area contributed by atoms with E-state index in [0.717, 1.165) is 0 Å². The third kappa shape index (κ3) is 29.3. The van der Waals surface area contributed by atoms with E-state index in [9.17, 15) is 0 Å². The van der Waals surface area contributed by atoms with Crippen molar-refractivity contribution in [1.82, 2.24) is 0 Å². The molecule has 1 aliphatic rings. The topological polar surface area (TPSA) is 382 Å². The molecular formula is C45H122O41Si16. The van der Waals surface area contributed by atoms with Crippen molar-refractivity contribution in [1.29, 1.82) is 0 Å². The van der Waals surface area contributed by atoms with Crippen LogP contribution in [0.3, 0.4) is 0 Å². The van der Waals surface area contributed by atoms with E-state index in [1.54, 1.807) is 0 Å². The Balaban J connectivity index is 5.09. The predicted octanol–water partition coefficient (Wildman–Crippen LogP) is 2.74. The van der Waals surface area contributed by atoms with Crippen LogP contribution in [-0.4, -0.2) is 359 Å². The molecule has 57 heteroatoms. The molecule has 0 saturated carbocycles. The monoisotopic (exact) mass is 1770 g/mol. The fourth-order valence-corrected chi connectivity index (χ4v) is 70.9. The molecule has 0 amide bonds. The SMILES string of the molecule is CO[Si](OC)(OC)O[Si](CC[Si](C)(C)O[Si](CCCOCC1CO1)(O[Si](C)(C)CC[Si](O[Si](OC)(OC)OC)(O[Si](OC)(OC)OC)O[Si](OC)(OC)OC)O[Si](C)(C)CC[Si](O[Si](OC)(OC)OC)(O[Si](OC)(OC)OC)O[Si](OC)(OC)OC)(O[Si](OC)(OC)OC)O[Si](OC)(OC)OC. The number of epoxide rings is 1. The van der Waals surface area contributed by atoms with E-state index in [1.165, 1.54) is 192 Å². The van der Waals surface area contributed by atoms with E-state index < -0.39 is 142 Å². The quantitative estimate of drug-likeness (QED) is 0.0480. The molecule has 0 N–H and O–H groups in total. The molecule has 0 radical (unpaired) electrons. The molecule has 0 aliphatic carbocycles.